The third-order valence-corrected chi connectivity index (χ3v) is 2.27. The van der Waals surface area contributed by atoms with E-state index < -0.39 is 12.1 Å². The molecule has 20 heavy (non-hydrogen) atoms. The van der Waals surface area contributed by atoms with E-state index in [1.165, 1.54) is 0 Å². The molecule has 1 rings (SSSR count). The fourth-order valence-electron chi connectivity index (χ4n) is 1.50. The molecule has 0 atom stereocenters. The van der Waals surface area contributed by atoms with Crippen LogP contribution in [0.15, 0.2) is 18.2 Å². The van der Waals surface area contributed by atoms with Crippen molar-refractivity contribution in [2.45, 2.75) is 47.1 Å². The van der Waals surface area contributed by atoms with Gasteiger partial charge in [-0.3, -0.25) is 10.1 Å². The van der Waals surface area contributed by atoms with E-state index in [1.54, 1.807) is 39.0 Å². The Morgan fingerprint density at radius 3 is 2.35 bits per heavy atom. The molecule has 0 bridgehead atoms. The summed E-state index contributed by atoms with van der Waals surface area (Å²) in [5.41, 5.74) is 2.14. The maximum atomic E-state index is 11.4. The second-order valence-electron chi connectivity index (χ2n) is 4.29. The first-order valence-electron chi connectivity index (χ1n) is 6.67. The average molecular weight is 281 g/mol. The van der Waals surface area contributed by atoms with Gasteiger partial charge >= 0.3 is 12.1 Å². The van der Waals surface area contributed by atoms with Crippen molar-refractivity contribution < 1.29 is 19.4 Å². The van der Waals surface area contributed by atoms with Crippen LogP contribution in [0.5, 0.6) is 0 Å². The Hall–Kier alpha value is -2.04. The Balaban J connectivity index is 0.00000172. The third kappa shape index (κ3) is 6.78. The number of ether oxygens (including phenoxy) is 1. The van der Waals surface area contributed by atoms with Gasteiger partial charge in [0.15, 0.2) is 0 Å². The Morgan fingerprint density at radius 2 is 1.90 bits per heavy atom. The summed E-state index contributed by atoms with van der Waals surface area (Å²) in [5, 5.41) is 11.3. The van der Waals surface area contributed by atoms with Crippen molar-refractivity contribution >= 4 is 17.7 Å². The average Bonchev–Trinajstić information content (AvgIpc) is 2.33. The maximum Gasteiger partial charge on any atom is 0.411 e. The first-order chi connectivity index (χ1) is 9.38. The van der Waals surface area contributed by atoms with Crippen molar-refractivity contribution in [1.82, 2.24) is 0 Å². The Labute approximate surface area is 120 Å². The number of aliphatic carboxylic acids is 1. The SMILES string of the molecule is CC.Cc1cc(NC(=O)OC(C)C)ccc1CC(=O)O. The Kier molecular flexibility index (Phi) is 8.04. The molecule has 0 spiro atoms. The smallest absolute Gasteiger partial charge is 0.411 e. The van der Waals surface area contributed by atoms with E-state index in [1.807, 2.05) is 13.8 Å². The molecule has 0 aromatic heterocycles. The van der Waals surface area contributed by atoms with Crippen LogP contribution < -0.4 is 5.32 Å². The summed E-state index contributed by atoms with van der Waals surface area (Å²) in [4.78, 5) is 22.0. The van der Waals surface area contributed by atoms with Crippen LogP contribution in [0.4, 0.5) is 10.5 Å². The summed E-state index contributed by atoms with van der Waals surface area (Å²) in [6.07, 6.45) is -0.726. The standard InChI is InChI=1S/C13H17NO4.C2H6/c1-8(2)18-13(17)14-11-5-4-10(7-12(15)16)9(3)6-11;1-2/h4-6,8H,7H2,1-3H3,(H,14,17)(H,15,16);1-2H3. The molecule has 0 radical (unpaired) electrons. The van der Waals surface area contributed by atoms with E-state index in [4.69, 9.17) is 9.84 Å². The number of carbonyl (C=O) groups is 2. The van der Waals surface area contributed by atoms with Crippen LogP contribution in [0.2, 0.25) is 0 Å². The van der Waals surface area contributed by atoms with Gasteiger partial charge in [0, 0.05) is 5.69 Å². The Morgan fingerprint density at radius 1 is 1.30 bits per heavy atom. The zero-order chi connectivity index (χ0) is 15.7. The van der Waals surface area contributed by atoms with Gasteiger partial charge in [-0.25, -0.2) is 4.79 Å². The van der Waals surface area contributed by atoms with Crippen molar-refractivity contribution in [2.24, 2.45) is 0 Å². The summed E-state index contributed by atoms with van der Waals surface area (Å²) >= 11 is 0. The molecule has 1 aromatic carbocycles. The number of rotatable bonds is 4. The monoisotopic (exact) mass is 281 g/mol. The number of carboxylic acid groups (broad SMARTS) is 1. The van der Waals surface area contributed by atoms with Crippen LogP contribution in [0.25, 0.3) is 0 Å². The first-order valence-corrected chi connectivity index (χ1v) is 6.67. The highest BCUT2D eigenvalue weighted by Gasteiger charge is 2.08. The lowest BCUT2D eigenvalue weighted by atomic mass is 10.1. The molecule has 0 unspecified atom stereocenters. The van der Waals surface area contributed by atoms with Gasteiger partial charge < -0.3 is 9.84 Å². The molecule has 1 amide bonds. The second kappa shape index (κ2) is 8.96. The van der Waals surface area contributed by atoms with Crippen molar-refractivity contribution in [1.29, 1.82) is 0 Å². The van der Waals surface area contributed by atoms with Crippen LogP contribution >= 0.6 is 0 Å². The van der Waals surface area contributed by atoms with E-state index in [0.717, 1.165) is 11.1 Å². The summed E-state index contributed by atoms with van der Waals surface area (Å²) in [5.74, 6) is -0.877. The highest BCUT2D eigenvalue weighted by atomic mass is 16.6. The quantitative estimate of drug-likeness (QED) is 0.884. The summed E-state index contributed by atoms with van der Waals surface area (Å²) in [6, 6.07) is 5.07. The number of carboxylic acids is 1. The molecule has 0 saturated carbocycles. The van der Waals surface area contributed by atoms with Crippen LogP contribution in [0.3, 0.4) is 0 Å². The van der Waals surface area contributed by atoms with Gasteiger partial charge in [-0.1, -0.05) is 19.9 Å². The van der Waals surface area contributed by atoms with Gasteiger partial charge in [0.2, 0.25) is 0 Å². The van der Waals surface area contributed by atoms with Gasteiger partial charge in [-0.05, 0) is 44.0 Å². The summed E-state index contributed by atoms with van der Waals surface area (Å²) in [7, 11) is 0. The molecule has 0 saturated heterocycles. The molecule has 0 heterocycles. The molecule has 5 nitrogen and oxygen atoms in total. The summed E-state index contributed by atoms with van der Waals surface area (Å²) < 4.78 is 4.94. The number of nitrogens with one attached hydrogen (secondary N) is 1. The molecule has 0 aliphatic carbocycles. The number of anilines is 1. The van der Waals surface area contributed by atoms with E-state index in [0.29, 0.717) is 5.69 Å². The maximum absolute atomic E-state index is 11.4. The number of hydrogen-bond donors (Lipinski definition) is 2. The van der Waals surface area contributed by atoms with Crippen molar-refractivity contribution in [2.75, 3.05) is 5.32 Å². The van der Waals surface area contributed by atoms with Gasteiger partial charge in [-0.15, -0.1) is 0 Å². The number of aryl methyl sites for hydroxylation is 1. The van der Waals surface area contributed by atoms with Gasteiger partial charge in [0.05, 0.1) is 12.5 Å². The minimum Gasteiger partial charge on any atom is -0.481 e. The second-order valence-corrected chi connectivity index (χ2v) is 4.29. The molecule has 1 aromatic rings. The van der Waals surface area contributed by atoms with E-state index in [9.17, 15) is 9.59 Å². The van der Waals surface area contributed by atoms with E-state index in [-0.39, 0.29) is 12.5 Å². The van der Waals surface area contributed by atoms with Crippen molar-refractivity contribution in [3.8, 4) is 0 Å². The normalized spacial score (nSPS) is 9.50. The minimum atomic E-state index is -0.877. The zero-order valence-electron chi connectivity index (χ0n) is 12.7. The lowest BCUT2D eigenvalue weighted by molar-refractivity contribution is -0.136. The first kappa shape index (κ1) is 18.0. The van der Waals surface area contributed by atoms with Crippen LogP contribution in [0, 0.1) is 6.92 Å². The number of carbonyl (C=O) groups excluding carboxylic acids is 1. The molecule has 0 aliphatic heterocycles. The molecule has 0 aliphatic rings. The molecular formula is C15H23NO4. The lowest BCUT2D eigenvalue weighted by Gasteiger charge is -2.11. The van der Waals surface area contributed by atoms with Gasteiger partial charge in [0.1, 0.15) is 0 Å². The minimum absolute atomic E-state index is 0.0252. The third-order valence-electron chi connectivity index (χ3n) is 2.27. The molecule has 0 fully saturated rings. The van der Waals surface area contributed by atoms with Crippen LogP contribution in [-0.2, 0) is 16.0 Å². The van der Waals surface area contributed by atoms with Crippen LogP contribution in [-0.4, -0.2) is 23.3 Å². The van der Waals surface area contributed by atoms with Gasteiger partial charge in [0.25, 0.3) is 0 Å². The van der Waals surface area contributed by atoms with Crippen LogP contribution in [0.1, 0.15) is 38.8 Å². The number of amides is 1. The fourth-order valence-corrected chi connectivity index (χ4v) is 1.50. The van der Waals surface area contributed by atoms with E-state index in [2.05, 4.69) is 5.32 Å². The molecule has 2 N–H and O–H groups in total. The fraction of sp³-hybridized carbons (Fsp3) is 0.467. The highest BCUT2D eigenvalue weighted by molar-refractivity contribution is 5.85. The van der Waals surface area contributed by atoms with Crippen molar-refractivity contribution in [3.63, 3.8) is 0 Å². The lowest BCUT2D eigenvalue weighted by Crippen LogP contribution is -2.18. The summed E-state index contributed by atoms with van der Waals surface area (Å²) in [6.45, 7) is 9.33. The highest BCUT2D eigenvalue weighted by Crippen LogP contribution is 2.16. The predicted molar refractivity (Wildman–Crippen MR) is 79.1 cm³/mol. The van der Waals surface area contributed by atoms with E-state index >= 15 is 0 Å². The molecular weight excluding hydrogens is 258 g/mol. The molecule has 112 valence electrons. The van der Waals surface area contributed by atoms with Gasteiger partial charge in [-0.2, -0.15) is 0 Å². The zero-order valence-corrected chi connectivity index (χ0v) is 12.7. The Bertz CT molecular complexity index is 455. The largest absolute Gasteiger partial charge is 0.481 e. The van der Waals surface area contributed by atoms with Crippen molar-refractivity contribution in [3.05, 3.63) is 29.3 Å². The molecule has 5 heteroatoms. The predicted octanol–water partition coefficient (Wildman–Crippen LogP) is 3.61. The number of hydrogen-bond acceptors (Lipinski definition) is 3. The topological polar surface area (TPSA) is 75.6 Å². The number of benzene rings is 1.